The Morgan fingerprint density at radius 1 is 1.11 bits per heavy atom. The smallest absolute Gasteiger partial charge is 0.159 e. The molecule has 0 amide bonds. The lowest BCUT2D eigenvalue weighted by Gasteiger charge is -2.04. The van der Waals surface area contributed by atoms with Crippen LogP contribution in [-0.4, -0.2) is 10.3 Å². The zero-order valence-electron chi connectivity index (χ0n) is 9.84. The Kier molecular flexibility index (Phi) is 3.31. The lowest BCUT2D eigenvalue weighted by atomic mass is 10.2. The SMILES string of the molecule is Nc1ccc(SCc2ccccc2Cl)c2nonc12. The van der Waals surface area contributed by atoms with Gasteiger partial charge in [-0.2, -0.15) is 0 Å². The van der Waals surface area contributed by atoms with E-state index in [1.807, 2.05) is 36.4 Å². The van der Waals surface area contributed by atoms with E-state index >= 15 is 0 Å². The van der Waals surface area contributed by atoms with Crippen LogP contribution in [0.25, 0.3) is 11.0 Å². The Balaban J connectivity index is 1.88. The fourth-order valence-electron chi connectivity index (χ4n) is 1.75. The minimum absolute atomic E-state index is 0.568. The molecule has 0 radical (unpaired) electrons. The molecule has 1 aromatic heterocycles. The Bertz CT molecular complexity index is 729. The van der Waals surface area contributed by atoms with Gasteiger partial charge in [0.1, 0.15) is 0 Å². The van der Waals surface area contributed by atoms with Gasteiger partial charge in [-0.3, -0.25) is 0 Å². The molecule has 3 aromatic rings. The molecule has 2 N–H and O–H groups in total. The lowest BCUT2D eigenvalue weighted by Crippen LogP contribution is -1.88. The number of hydrogen-bond acceptors (Lipinski definition) is 5. The number of anilines is 1. The van der Waals surface area contributed by atoms with Crippen LogP contribution in [0.5, 0.6) is 0 Å². The van der Waals surface area contributed by atoms with Crippen molar-refractivity contribution in [3.05, 3.63) is 47.0 Å². The highest BCUT2D eigenvalue weighted by Crippen LogP contribution is 2.32. The summed E-state index contributed by atoms with van der Waals surface area (Å²) < 4.78 is 4.74. The van der Waals surface area contributed by atoms with Gasteiger partial charge in [0.15, 0.2) is 11.0 Å². The van der Waals surface area contributed by atoms with Crippen molar-refractivity contribution in [1.29, 1.82) is 0 Å². The summed E-state index contributed by atoms with van der Waals surface area (Å²) in [6, 6.07) is 11.5. The largest absolute Gasteiger partial charge is 0.397 e. The highest BCUT2D eigenvalue weighted by atomic mass is 35.5. The second-order valence-electron chi connectivity index (χ2n) is 3.99. The first-order chi connectivity index (χ1) is 9.25. The van der Waals surface area contributed by atoms with Crippen molar-refractivity contribution in [2.75, 3.05) is 5.73 Å². The predicted octanol–water partition coefficient (Wildman–Crippen LogP) is 3.75. The summed E-state index contributed by atoms with van der Waals surface area (Å²) in [6.07, 6.45) is 0. The van der Waals surface area contributed by atoms with Gasteiger partial charge in [0.2, 0.25) is 0 Å². The Morgan fingerprint density at radius 3 is 2.74 bits per heavy atom. The van der Waals surface area contributed by atoms with Crippen LogP contribution >= 0.6 is 23.4 Å². The first kappa shape index (κ1) is 12.3. The van der Waals surface area contributed by atoms with Crippen LogP contribution in [0.4, 0.5) is 5.69 Å². The van der Waals surface area contributed by atoms with Gasteiger partial charge in [0.25, 0.3) is 0 Å². The number of rotatable bonds is 3. The molecule has 19 heavy (non-hydrogen) atoms. The summed E-state index contributed by atoms with van der Waals surface area (Å²) in [6.45, 7) is 0. The number of nitrogens with zero attached hydrogens (tertiary/aromatic N) is 2. The molecule has 0 atom stereocenters. The van der Waals surface area contributed by atoms with Crippen LogP contribution in [0.2, 0.25) is 5.02 Å². The zero-order chi connectivity index (χ0) is 13.2. The summed E-state index contributed by atoms with van der Waals surface area (Å²) in [5.74, 6) is 0.756. The fourth-order valence-corrected chi connectivity index (χ4v) is 3.03. The minimum atomic E-state index is 0.568. The lowest BCUT2D eigenvalue weighted by molar-refractivity contribution is 0.315. The maximum absolute atomic E-state index is 6.13. The van der Waals surface area contributed by atoms with Gasteiger partial charge in [0, 0.05) is 15.7 Å². The Labute approximate surface area is 118 Å². The van der Waals surface area contributed by atoms with Crippen molar-refractivity contribution >= 4 is 40.1 Å². The van der Waals surface area contributed by atoms with E-state index in [2.05, 4.69) is 10.3 Å². The van der Waals surface area contributed by atoms with E-state index in [0.717, 1.165) is 21.2 Å². The van der Waals surface area contributed by atoms with Crippen molar-refractivity contribution < 1.29 is 4.63 Å². The molecule has 0 bridgehead atoms. The highest BCUT2D eigenvalue weighted by Gasteiger charge is 2.11. The number of fused-ring (bicyclic) bond motifs is 1. The third kappa shape index (κ3) is 2.39. The molecule has 3 rings (SSSR count). The van der Waals surface area contributed by atoms with Gasteiger partial charge in [0.05, 0.1) is 5.69 Å². The maximum atomic E-state index is 6.13. The van der Waals surface area contributed by atoms with E-state index in [0.29, 0.717) is 16.7 Å². The molecule has 0 aliphatic rings. The molecule has 0 spiro atoms. The normalized spacial score (nSPS) is 11.0. The molecule has 0 unspecified atom stereocenters. The topological polar surface area (TPSA) is 64.9 Å². The van der Waals surface area contributed by atoms with Gasteiger partial charge in [-0.1, -0.05) is 29.8 Å². The van der Waals surface area contributed by atoms with Crippen molar-refractivity contribution in [1.82, 2.24) is 10.3 Å². The summed E-state index contributed by atoms with van der Waals surface area (Å²) >= 11 is 7.76. The van der Waals surface area contributed by atoms with Crippen LogP contribution in [0, 0.1) is 0 Å². The molecule has 96 valence electrons. The van der Waals surface area contributed by atoms with E-state index in [1.165, 1.54) is 0 Å². The first-order valence-corrected chi connectivity index (χ1v) is 6.99. The van der Waals surface area contributed by atoms with E-state index in [1.54, 1.807) is 11.8 Å². The Morgan fingerprint density at radius 2 is 1.89 bits per heavy atom. The minimum Gasteiger partial charge on any atom is -0.397 e. The van der Waals surface area contributed by atoms with Gasteiger partial charge in [-0.25, -0.2) is 4.63 Å². The summed E-state index contributed by atoms with van der Waals surface area (Å²) in [4.78, 5) is 0.977. The average Bonchev–Trinajstić information content (AvgIpc) is 2.90. The van der Waals surface area contributed by atoms with Crippen LogP contribution in [-0.2, 0) is 5.75 Å². The number of halogens is 1. The monoisotopic (exact) mass is 291 g/mol. The number of benzene rings is 2. The van der Waals surface area contributed by atoms with E-state index in [4.69, 9.17) is 22.0 Å². The number of aromatic nitrogens is 2. The second kappa shape index (κ2) is 5.11. The summed E-state index contributed by atoms with van der Waals surface area (Å²) in [7, 11) is 0. The van der Waals surface area contributed by atoms with Crippen molar-refractivity contribution in [2.24, 2.45) is 0 Å². The highest BCUT2D eigenvalue weighted by molar-refractivity contribution is 7.98. The van der Waals surface area contributed by atoms with Crippen LogP contribution in [0.3, 0.4) is 0 Å². The van der Waals surface area contributed by atoms with Crippen LogP contribution in [0.15, 0.2) is 45.9 Å². The summed E-state index contributed by atoms with van der Waals surface area (Å²) in [5, 5.41) is 8.46. The van der Waals surface area contributed by atoms with E-state index in [9.17, 15) is 0 Å². The van der Waals surface area contributed by atoms with Gasteiger partial charge in [-0.15, -0.1) is 11.8 Å². The summed E-state index contributed by atoms with van der Waals surface area (Å²) in [5.41, 5.74) is 8.75. The van der Waals surface area contributed by atoms with Gasteiger partial charge < -0.3 is 5.73 Å². The maximum Gasteiger partial charge on any atom is 0.159 e. The number of nitrogens with two attached hydrogens (primary N) is 1. The molecule has 0 saturated heterocycles. The number of thioether (sulfide) groups is 1. The third-order valence-electron chi connectivity index (χ3n) is 2.75. The molecule has 6 heteroatoms. The van der Waals surface area contributed by atoms with Crippen molar-refractivity contribution in [3.63, 3.8) is 0 Å². The molecule has 4 nitrogen and oxygen atoms in total. The third-order valence-corrected chi connectivity index (χ3v) is 4.22. The molecule has 0 saturated carbocycles. The number of hydrogen-bond donors (Lipinski definition) is 1. The molecule has 2 aromatic carbocycles. The number of nitrogen functional groups attached to an aromatic ring is 1. The fraction of sp³-hybridized carbons (Fsp3) is 0.0769. The molecule has 0 fully saturated rings. The standard InChI is InChI=1S/C13H10ClN3OS/c14-9-4-2-1-3-8(9)7-19-11-6-5-10(15)12-13(11)17-18-16-12/h1-6H,7,15H2. The molecular weight excluding hydrogens is 282 g/mol. The van der Waals surface area contributed by atoms with E-state index in [-0.39, 0.29) is 0 Å². The molecule has 0 aliphatic heterocycles. The average molecular weight is 292 g/mol. The second-order valence-corrected chi connectivity index (χ2v) is 5.42. The zero-order valence-corrected chi connectivity index (χ0v) is 11.4. The van der Waals surface area contributed by atoms with Crippen LogP contribution < -0.4 is 5.73 Å². The van der Waals surface area contributed by atoms with Gasteiger partial charge >= 0.3 is 0 Å². The van der Waals surface area contributed by atoms with Gasteiger partial charge in [-0.05, 0) is 34.1 Å². The Hall–Kier alpha value is -1.72. The predicted molar refractivity (Wildman–Crippen MR) is 77.2 cm³/mol. The first-order valence-electron chi connectivity index (χ1n) is 5.62. The molecule has 0 aliphatic carbocycles. The molecular formula is C13H10ClN3OS. The van der Waals surface area contributed by atoms with Crippen molar-refractivity contribution in [2.45, 2.75) is 10.6 Å². The quantitative estimate of drug-likeness (QED) is 0.588. The molecule has 1 heterocycles. The van der Waals surface area contributed by atoms with Crippen LogP contribution in [0.1, 0.15) is 5.56 Å². The van der Waals surface area contributed by atoms with Crippen molar-refractivity contribution in [3.8, 4) is 0 Å². The van der Waals surface area contributed by atoms with E-state index < -0.39 is 0 Å².